The van der Waals surface area contributed by atoms with E-state index in [4.69, 9.17) is 10.6 Å². The summed E-state index contributed by atoms with van der Waals surface area (Å²) < 4.78 is 5.82. The molecule has 0 aromatic heterocycles. The Labute approximate surface area is 126 Å². The maximum Gasteiger partial charge on any atom is 0.248 e. The van der Waals surface area contributed by atoms with Crippen molar-refractivity contribution in [2.24, 2.45) is 17.7 Å². The summed E-state index contributed by atoms with van der Waals surface area (Å²) in [7, 11) is 0. The van der Waals surface area contributed by atoms with E-state index >= 15 is 0 Å². The minimum Gasteiger partial charge on any atom is -0.368 e. The van der Waals surface area contributed by atoms with Gasteiger partial charge in [-0.25, -0.2) is 5.84 Å². The molecule has 2 aliphatic rings. The number of carbonyl (C=O) groups excluding carboxylic acids is 2. The van der Waals surface area contributed by atoms with Crippen LogP contribution in [0.5, 0.6) is 0 Å². The van der Waals surface area contributed by atoms with Gasteiger partial charge in [-0.2, -0.15) is 0 Å². The van der Waals surface area contributed by atoms with E-state index in [2.05, 4.69) is 12.3 Å². The van der Waals surface area contributed by atoms with Crippen LogP contribution in [0.25, 0.3) is 0 Å². The number of nitrogens with one attached hydrogen (secondary N) is 1. The number of amides is 2. The summed E-state index contributed by atoms with van der Waals surface area (Å²) in [5.41, 5.74) is 2.18. The van der Waals surface area contributed by atoms with Gasteiger partial charge in [0.05, 0.1) is 6.10 Å². The molecule has 6 nitrogen and oxygen atoms in total. The van der Waals surface area contributed by atoms with Crippen molar-refractivity contribution in [3.63, 3.8) is 0 Å². The highest BCUT2D eigenvalue weighted by Crippen LogP contribution is 2.26. The van der Waals surface area contributed by atoms with E-state index in [-0.39, 0.29) is 30.4 Å². The molecule has 1 saturated heterocycles. The van der Waals surface area contributed by atoms with Gasteiger partial charge in [0.1, 0.15) is 6.61 Å². The largest absolute Gasteiger partial charge is 0.368 e. The Kier molecular flexibility index (Phi) is 5.99. The Morgan fingerprint density at radius 2 is 1.86 bits per heavy atom. The number of hydrazine groups is 1. The predicted molar refractivity (Wildman–Crippen MR) is 79.0 cm³/mol. The third kappa shape index (κ3) is 4.41. The smallest absolute Gasteiger partial charge is 0.248 e. The van der Waals surface area contributed by atoms with E-state index < -0.39 is 0 Å². The van der Waals surface area contributed by atoms with Gasteiger partial charge in [-0.05, 0) is 31.6 Å². The standard InChI is InChI=1S/C15H27N3O3/c1-11-4-2-3-5-13(11)21-10-14(19)18-8-6-12(7-9-18)15(20)17-16/h11-13H,2-10,16H2,1H3,(H,17,20). The fraction of sp³-hybridized carbons (Fsp3) is 0.867. The van der Waals surface area contributed by atoms with Crippen molar-refractivity contribution in [2.45, 2.75) is 51.6 Å². The molecule has 2 rings (SSSR count). The summed E-state index contributed by atoms with van der Waals surface area (Å²) in [6.07, 6.45) is 6.30. The van der Waals surface area contributed by atoms with E-state index in [1.165, 1.54) is 19.3 Å². The molecular weight excluding hydrogens is 270 g/mol. The van der Waals surface area contributed by atoms with Crippen LogP contribution in [0.1, 0.15) is 45.4 Å². The van der Waals surface area contributed by atoms with Gasteiger partial charge in [-0.3, -0.25) is 15.0 Å². The van der Waals surface area contributed by atoms with Gasteiger partial charge in [0.2, 0.25) is 11.8 Å². The lowest BCUT2D eigenvalue weighted by molar-refractivity contribution is -0.143. The fourth-order valence-electron chi connectivity index (χ4n) is 3.31. The van der Waals surface area contributed by atoms with Gasteiger partial charge in [0.15, 0.2) is 0 Å². The van der Waals surface area contributed by atoms with Crippen LogP contribution in [0.2, 0.25) is 0 Å². The number of nitrogens with zero attached hydrogens (tertiary/aromatic N) is 1. The number of hydrogen-bond acceptors (Lipinski definition) is 4. The van der Waals surface area contributed by atoms with Crippen LogP contribution < -0.4 is 11.3 Å². The molecule has 0 aromatic carbocycles. The predicted octanol–water partition coefficient (Wildman–Crippen LogP) is 0.810. The minimum absolute atomic E-state index is 0.0411. The normalized spacial score (nSPS) is 27.4. The van der Waals surface area contributed by atoms with Crippen LogP contribution in [0.15, 0.2) is 0 Å². The second-order valence-electron chi connectivity index (χ2n) is 6.27. The molecule has 2 amide bonds. The maximum absolute atomic E-state index is 12.2. The van der Waals surface area contributed by atoms with Crippen molar-refractivity contribution in [1.29, 1.82) is 0 Å². The lowest BCUT2D eigenvalue weighted by Crippen LogP contribution is -2.46. The zero-order valence-electron chi connectivity index (χ0n) is 12.8. The Bertz CT molecular complexity index is 367. The summed E-state index contributed by atoms with van der Waals surface area (Å²) >= 11 is 0. The van der Waals surface area contributed by atoms with Crippen molar-refractivity contribution in [1.82, 2.24) is 10.3 Å². The van der Waals surface area contributed by atoms with Crippen LogP contribution in [0.4, 0.5) is 0 Å². The van der Waals surface area contributed by atoms with E-state index in [9.17, 15) is 9.59 Å². The van der Waals surface area contributed by atoms with Crippen molar-refractivity contribution in [2.75, 3.05) is 19.7 Å². The molecule has 21 heavy (non-hydrogen) atoms. The monoisotopic (exact) mass is 297 g/mol. The topological polar surface area (TPSA) is 84.7 Å². The average Bonchev–Trinajstić information content (AvgIpc) is 2.53. The highest BCUT2D eigenvalue weighted by Gasteiger charge is 2.28. The van der Waals surface area contributed by atoms with Crippen LogP contribution in [0.3, 0.4) is 0 Å². The maximum atomic E-state index is 12.2. The molecule has 2 unspecified atom stereocenters. The number of ether oxygens (including phenoxy) is 1. The molecular formula is C15H27N3O3. The number of nitrogens with two attached hydrogens (primary N) is 1. The zero-order valence-corrected chi connectivity index (χ0v) is 12.8. The number of rotatable bonds is 4. The van der Waals surface area contributed by atoms with Gasteiger partial charge in [-0.1, -0.05) is 19.8 Å². The van der Waals surface area contributed by atoms with Gasteiger partial charge >= 0.3 is 0 Å². The number of hydrogen-bond donors (Lipinski definition) is 2. The molecule has 2 fully saturated rings. The molecule has 1 saturated carbocycles. The summed E-state index contributed by atoms with van der Waals surface area (Å²) in [5.74, 6) is 5.53. The molecule has 1 aliphatic heterocycles. The Morgan fingerprint density at radius 3 is 2.48 bits per heavy atom. The van der Waals surface area contributed by atoms with E-state index in [1.807, 2.05) is 0 Å². The first-order chi connectivity index (χ1) is 10.1. The first-order valence-corrected chi connectivity index (χ1v) is 8.01. The van der Waals surface area contributed by atoms with Crippen LogP contribution in [0, 0.1) is 11.8 Å². The summed E-state index contributed by atoms with van der Waals surface area (Å²) in [4.78, 5) is 25.4. The Morgan fingerprint density at radius 1 is 1.19 bits per heavy atom. The molecule has 6 heteroatoms. The molecule has 2 atom stereocenters. The molecule has 0 aromatic rings. The quantitative estimate of drug-likeness (QED) is 0.457. The van der Waals surface area contributed by atoms with Crippen molar-refractivity contribution in [3.05, 3.63) is 0 Å². The van der Waals surface area contributed by atoms with Gasteiger partial charge < -0.3 is 9.64 Å². The van der Waals surface area contributed by atoms with Crippen molar-refractivity contribution in [3.8, 4) is 0 Å². The minimum atomic E-state index is -0.130. The van der Waals surface area contributed by atoms with Gasteiger partial charge in [0.25, 0.3) is 0 Å². The molecule has 0 spiro atoms. The lowest BCUT2D eigenvalue weighted by Gasteiger charge is -2.33. The highest BCUT2D eigenvalue weighted by atomic mass is 16.5. The molecule has 0 bridgehead atoms. The number of piperidine rings is 1. The number of carbonyl (C=O) groups is 2. The fourth-order valence-corrected chi connectivity index (χ4v) is 3.31. The molecule has 1 heterocycles. The molecule has 0 radical (unpaired) electrons. The third-order valence-corrected chi connectivity index (χ3v) is 4.81. The lowest BCUT2D eigenvalue weighted by atomic mass is 9.88. The zero-order chi connectivity index (χ0) is 15.2. The SMILES string of the molecule is CC1CCCCC1OCC(=O)N1CCC(C(=O)NN)CC1. The second kappa shape index (κ2) is 7.75. The number of likely N-dealkylation sites (tertiary alicyclic amines) is 1. The second-order valence-corrected chi connectivity index (χ2v) is 6.27. The van der Waals surface area contributed by atoms with Crippen LogP contribution >= 0.6 is 0 Å². The van der Waals surface area contributed by atoms with Gasteiger partial charge in [-0.15, -0.1) is 0 Å². The van der Waals surface area contributed by atoms with Crippen molar-refractivity contribution < 1.29 is 14.3 Å². The van der Waals surface area contributed by atoms with Crippen LogP contribution in [-0.4, -0.2) is 42.5 Å². The molecule has 120 valence electrons. The third-order valence-electron chi connectivity index (χ3n) is 4.81. The van der Waals surface area contributed by atoms with Crippen molar-refractivity contribution >= 4 is 11.8 Å². The molecule has 1 aliphatic carbocycles. The van der Waals surface area contributed by atoms with Crippen LogP contribution in [-0.2, 0) is 14.3 Å². The molecule has 3 N–H and O–H groups in total. The summed E-state index contributed by atoms with van der Waals surface area (Å²) in [6, 6.07) is 0. The first-order valence-electron chi connectivity index (χ1n) is 8.01. The highest BCUT2D eigenvalue weighted by molar-refractivity contribution is 5.80. The Balaban J connectivity index is 1.71. The Hall–Kier alpha value is -1.14. The van der Waals surface area contributed by atoms with E-state index in [0.29, 0.717) is 31.8 Å². The summed E-state index contributed by atoms with van der Waals surface area (Å²) in [6.45, 7) is 3.59. The summed E-state index contributed by atoms with van der Waals surface area (Å²) in [5, 5.41) is 0. The van der Waals surface area contributed by atoms with E-state index in [0.717, 1.165) is 6.42 Å². The van der Waals surface area contributed by atoms with E-state index in [1.54, 1.807) is 4.90 Å². The average molecular weight is 297 g/mol. The first kappa shape index (κ1) is 16.2. The van der Waals surface area contributed by atoms with Gasteiger partial charge in [0, 0.05) is 19.0 Å².